The summed E-state index contributed by atoms with van der Waals surface area (Å²) in [5.74, 6) is -0.514. The van der Waals surface area contributed by atoms with Crippen molar-refractivity contribution in [3.05, 3.63) is 33.3 Å². The molecule has 0 unspecified atom stereocenters. The molecule has 0 aliphatic heterocycles. The molecule has 1 aromatic rings. The van der Waals surface area contributed by atoms with Crippen molar-refractivity contribution in [2.45, 2.75) is 19.3 Å². The van der Waals surface area contributed by atoms with E-state index < -0.39 is 10.9 Å². The van der Waals surface area contributed by atoms with Crippen molar-refractivity contribution in [3.8, 4) is 5.75 Å². The van der Waals surface area contributed by atoms with Crippen molar-refractivity contribution >= 4 is 23.3 Å². The minimum absolute atomic E-state index is 0.0671. The van der Waals surface area contributed by atoms with Crippen LogP contribution in [0.1, 0.15) is 19.3 Å². The van der Waals surface area contributed by atoms with Crippen molar-refractivity contribution in [2.24, 2.45) is 5.41 Å². The number of hydrogen-bond donors (Lipinski definition) is 1. The van der Waals surface area contributed by atoms with Gasteiger partial charge in [-0.3, -0.25) is 14.9 Å². The lowest BCUT2D eigenvalue weighted by Gasteiger charge is -2.14. The molecule has 0 aromatic heterocycles. The van der Waals surface area contributed by atoms with E-state index in [4.69, 9.17) is 21.4 Å². The first-order valence-corrected chi connectivity index (χ1v) is 6.08. The smallest absolute Gasteiger partial charge is 0.304 e. The van der Waals surface area contributed by atoms with Gasteiger partial charge in [-0.1, -0.05) is 11.6 Å². The van der Waals surface area contributed by atoms with Crippen LogP contribution in [-0.2, 0) is 4.79 Å². The standard InChI is InChI=1S/C12H12ClNO5/c13-9-5-8(14(17)18)1-2-10(9)19-7-12(3-4-12)6-11(15)16/h1-2,5H,3-4,6-7H2,(H,15,16). The van der Waals surface area contributed by atoms with Crippen molar-refractivity contribution in [1.82, 2.24) is 0 Å². The summed E-state index contributed by atoms with van der Waals surface area (Å²) in [6.45, 7) is 0.261. The average Bonchev–Trinajstić information content (AvgIpc) is 3.06. The number of nitro benzene ring substituents is 1. The molecule has 1 aliphatic rings. The molecule has 0 bridgehead atoms. The molecule has 0 spiro atoms. The first-order chi connectivity index (χ1) is 8.92. The quantitative estimate of drug-likeness (QED) is 0.641. The van der Waals surface area contributed by atoms with Crippen LogP contribution in [0.3, 0.4) is 0 Å². The molecule has 7 heteroatoms. The second-order valence-corrected chi connectivity index (χ2v) is 5.14. The SMILES string of the molecule is O=C(O)CC1(COc2ccc([N+](=O)[O-])cc2Cl)CC1. The maximum absolute atomic E-state index is 10.7. The number of benzene rings is 1. The van der Waals surface area contributed by atoms with Crippen LogP contribution in [-0.4, -0.2) is 22.6 Å². The van der Waals surface area contributed by atoms with Crippen molar-refractivity contribution < 1.29 is 19.6 Å². The van der Waals surface area contributed by atoms with E-state index in [1.54, 1.807) is 0 Å². The van der Waals surface area contributed by atoms with Crippen LogP contribution < -0.4 is 4.74 Å². The third-order valence-electron chi connectivity index (χ3n) is 3.14. The van der Waals surface area contributed by atoms with Gasteiger partial charge in [0.1, 0.15) is 5.75 Å². The molecule has 1 saturated carbocycles. The minimum Gasteiger partial charge on any atom is -0.491 e. The zero-order chi connectivity index (χ0) is 14.0. The monoisotopic (exact) mass is 285 g/mol. The number of carbonyl (C=O) groups is 1. The summed E-state index contributed by atoms with van der Waals surface area (Å²) in [5, 5.41) is 19.5. The highest BCUT2D eigenvalue weighted by molar-refractivity contribution is 6.32. The van der Waals surface area contributed by atoms with Crippen LogP contribution in [0.4, 0.5) is 5.69 Å². The number of ether oxygens (including phenoxy) is 1. The molecule has 1 aliphatic carbocycles. The summed E-state index contributed by atoms with van der Waals surface area (Å²) >= 11 is 5.88. The Morgan fingerprint density at radius 1 is 1.53 bits per heavy atom. The molecule has 6 nitrogen and oxygen atoms in total. The van der Waals surface area contributed by atoms with Crippen LogP contribution in [0.2, 0.25) is 5.02 Å². The van der Waals surface area contributed by atoms with Crippen molar-refractivity contribution in [3.63, 3.8) is 0 Å². The van der Waals surface area contributed by atoms with Gasteiger partial charge in [0.05, 0.1) is 23.0 Å². The molecule has 1 fully saturated rings. The molecule has 0 amide bonds. The van der Waals surface area contributed by atoms with Gasteiger partial charge in [-0.15, -0.1) is 0 Å². The molecule has 0 saturated heterocycles. The number of nitro groups is 1. The van der Waals surface area contributed by atoms with Crippen LogP contribution >= 0.6 is 11.6 Å². The lowest BCUT2D eigenvalue weighted by atomic mass is 10.0. The van der Waals surface area contributed by atoms with Crippen LogP contribution in [0, 0.1) is 15.5 Å². The van der Waals surface area contributed by atoms with Gasteiger partial charge in [0.2, 0.25) is 0 Å². The van der Waals surface area contributed by atoms with E-state index >= 15 is 0 Å². The summed E-state index contributed by atoms with van der Waals surface area (Å²) in [6, 6.07) is 3.95. The Bertz CT molecular complexity index is 527. The fourth-order valence-electron chi connectivity index (χ4n) is 1.82. The molecular weight excluding hydrogens is 274 g/mol. The van der Waals surface area contributed by atoms with Gasteiger partial charge in [-0.25, -0.2) is 0 Å². The Labute approximate surface area is 114 Å². The normalized spacial score (nSPS) is 15.8. The second kappa shape index (κ2) is 5.05. The van der Waals surface area contributed by atoms with E-state index in [-0.39, 0.29) is 29.2 Å². The van der Waals surface area contributed by atoms with E-state index in [1.165, 1.54) is 18.2 Å². The first kappa shape index (κ1) is 13.6. The van der Waals surface area contributed by atoms with Gasteiger partial charge in [0.25, 0.3) is 5.69 Å². The highest BCUT2D eigenvalue weighted by Gasteiger charge is 2.45. The molecule has 1 aromatic carbocycles. The number of non-ortho nitro benzene ring substituents is 1. The number of carboxylic acids is 1. The summed E-state index contributed by atoms with van der Waals surface area (Å²) in [6.07, 6.45) is 1.69. The molecule has 0 atom stereocenters. The second-order valence-electron chi connectivity index (χ2n) is 4.73. The van der Waals surface area contributed by atoms with Gasteiger partial charge in [-0.05, 0) is 18.9 Å². The summed E-state index contributed by atoms with van der Waals surface area (Å²) < 4.78 is 5.48. The average molecular weight is 286 g/mol. The van der Waals surface area contributed by atoms with Gasteiger partial charge in [0, 0.05) is 17.5 Å². The summed E-state index contributed by atoms with van der Waals surface area (Å²) in [5.41, 5.74) is -0.416. The Morgan fingerprint density at radius 3 is 2.68 bits per heavy atom. The van der Waals surface area contributed by atoms with Gasteiger partial charge in [0.15, 0.2) is 0 Å². The highest BCUT2D eigenvalue weighted by atomic mass is 35.5. The number of nitrogens with zero attached hydrogens (tertiary/aromatic N) is 1. The number of rotatable bonds is 6. The maximum atomic E-state index is 10.7. The highest BCUT2D eigenvalue weighted by Crippen LogP contribution is 2.49. The predicted molar refractivity (Wildman–Crippen MR) is 67.5 cm³/mol. The number of aliphatic carboxylic acids is 1. The summed E-state index contributed by atoms with van der Waals surface area (Å²) in [7, 11) is 0. The Hall–Kier alpha value is -1.82. The lowest BCUT2D eigenvalue weighted by Crippen LogP contribution is -2.17. The maximum Gasteiger partial charge on any atom is 0.304 e. The lowest BCUT2D eigenvalue weighted by molar-refractivity contribution is -0.384. The van der Waals surface area contributed by atoms with E-state index in [9.17, 15) is 14.9 Å². The summed E-state index contributed by atoms with van der Waals surface area (Å²) in [4.78, 5) is 20.7. The molecule has 0 heterocycles. The first-order valence-electron chi connectivity index (χ1n) is 5.70. The van der Waals surface area contributed by atoms with Crippen molar-refractivity contribution in [1.29, 1.82) is 0 Å². The van der Waals surface area contributed by atoms with E-state index in [1.807, 2.05) is 0 Å². The topological polar surface area (TPSA) is 89.7 Å². The number of halogens is 1. The van der Waals surface area contributed by atoms with Crippen LogP contribution in [0.25, 0.3) is 0 Å². The number of carboxylic acid groups (broad SMARTS) is 1. The Kier molecular flexibility index (Phi) is 3.61. The van der Waals surface area contributed by atoms with Crippen LogP contribution in [0.15, 0.2) is 18.2 Å². The van der Waals surface area contributed by atoms with Crippen molar-refractivity contribution in [2.75, 3.05) is 6.61 Å². The van der Waals surface area contributed by atoms with Gasteiger partial charge >= 0.3 is 5.97 Å². The van der Waals surface area contributed by atoms with Gasteiger partial charge < -0.3 is 9.84 Å². The third-order valence-corrected chi connectivity index (χ3v) is 3.44. The van der Waals surface area contributed by atoms with E-state index in [0.717, 1.165) is 12.8 Å². The molecule has 1 N–H and O–H groups in total. The van der Waals surface area contributed by atoms with E-state index in [2.05, 4.69) is 0 Å². The Morgan fingerprint density at radius 2 is 2.21 bits per heavy atom. The zero-order valence-electron chi connectivity index (χ0n) is 9.97. The Balaban J connectivity index is 2.00. The minimum atomic E-state index is -0.851. The fourth-order valence-corrected chi connectivity index (χ4v) is 2.05. The molecular formula is C12H12ClNO5. The molecule has 19 heavy (non-hydrogen) atoms. The van der Waals surface area contributed by atoms with Gasteiger partial charge in [-0.2, -0.15) is 0 Å². The third kappa shape index (κ3) is 3.35. The molecule has 102 valence electrons. The zero-order valence-corrected chi connectivity index (χ0v) is 10.7. The predicted octanol–water partition coefficient (Wildman–Crippen LogP) is 2.88. The number of hydrogen-bond acceptors (Lipinski definition) is 4. The molecule has 2 rings (SSSR count). The molecule has 0 radical (unpaired) electrons. The van der Waals surface area contributed by atoms with E-state index in [0.29, 0.717) is 5.75 Å². The largest absolute Gasteiger partial charge is 0.491 e. The fraction of sp³-hybridized carbons (Fsp3) is 0.417. The van der Waals surface area contributed by atoms with Crippen LogP contribution in [0.5, 0.6) is 5.75 Å².